The van der Waals surface area contributed by atoms with Gasteiger partial charge in [-0.05, 0) is 91.6 Å². The molecule has 3 unspecified atom stereocenters. The van der Waals surface area contributed by atoms with E-state index >= 15 is 0 Å². The summed E-state index contributed by atoms with van der Waals surface area (Å²) in [6.07, 6.45) is 7.11. The molecule has 0 amide bonds. The van der Waals surface area contributed by atoms with Crippen LogP contribution in [0, 0.1) is 41.4 Å². The molecule has 2 N–H and O–H groups in total. The normalized spacial score (nSPS) is 40.4. The van der Waals surface area contributed by atoms with E-state index in [4.69, 9.17) is 0 Å². The lowest BCUT2D eigenvalue weighted by Gasteiger charge is -2.57. The molecule has 4 bridgehead atoms. The first-order chi connectivity index (χ1) is 13.0. The molecule has 0 saturated heterocycles. The first-order valence-electron chi connectivity index (χ1n) is 10.5. The molecule has 1 aromatic rings. The van der Waals surface area contributed by atoms with Crippen LogP contribution in [0.15, 0.2) is 24.3 Å². The molecule has 4 heteroatoms. The molecule has 27 heavy (non-hydrogen) atoms. The molecular formula is C23H28O4. The average Bonchev–Trinajstić information content (AvgIpc) is 2.63. The van der Waals surface area contributed by atoms with Crippen molar-refractivity contribution in [3.05, 3.63) is 35.4 Å². The van der Waals surface area contributed by atoms with Gasteiger partial charge in [0.15, 0.2) is 0 Å². The quantitative estimate of drug-likeness (QED) is 0.836. The second-order valence-electron chi connectivity index (χ2n) is 9.65. The maximum Gasteiger partial charge on any atom is 0.307 e. The highest BCUT2D eigenvalue weighted by Gasteiger charge is 2.54. The highest BCUT2D eigenvalue weighted by molar-refractivity contribution is 5.74. The Morgan fingerprint density at radius 3 is 2.11 bits per heavy atom. The lowest BCUT2D eigenvalue weighted by molar-refractivity contribution is -0.155. The molecule has 6 rings (SSSR count). The molecule has 0 radical (unpaired) electrons. The molecule has 0 aromatic heterocycles. The van der Waals surface area contributed by atoms with Gasteiger partial charge >= 0.3 is 11.9 Å². The molecule has 0 spiro atoms. The van der Waals surface area contributed by atoms with Crippen LogP contribution in [0.4, 0.5) is 0 Å². The molecule has 4 saturated carbocycles. The van der Waals surface area contributed by atoms with Gasteiger partial charge in [0.25, 0.3) is 0 Å². The van der Waals surface area contributed by atoms with Gasteiger partial charge in [-0.2, -0.15) is 0 Å². The molecular weight excluding hydrogens is 340 g/mol. The SMILES string of the molecule is O=C(O)C1Cc2ccccc2C(C(C(=O)O)C2C3CC4CC(C3)CC2C4)C1. The van der Waals surface area contributed by atoms with Gasteiger partial charge in [-0.25, -0.2) is 0 Å². The van der Waals surface area contributed by atoms with Crippen LogP contribution in [0.3, 0.4) is 0 Å². The Labute approximate surface area is 160 Å². The van der Waals surface area contributed by atoms with Crippen molar-refractivity contribution in [1.29, 1.82) is 0 Å². The van der Waals surface area contributed by atoms with Crippen molar-refractivity contribution < 1.29 is 19.8 Å². The monoisotopic (exact) mass is 368 g/mol. The summed E-state index contributed by atoms with van der Waals surface area (Å²) in [5, 5.41) is 20.0. The largest absolute Gasteiger partial charge is 0.481 e. The lowest BCUT2D eigenvalue weighted by Crippen LogP contribution is -2.51. The van der Waals surface area contributed by atoms with Gasteiger partial charge in [0.1, 0.15) is 0 Å². The van der Waals surface area contributed by atoms with Gasteiger partial charge in [-0.15, -0.1) is 0 Å². The zero-order valence-corrected chi connectivity index (χ0v) is 15.6. The second kappa shape index (κ2) is 6.35. The molecule has 4 nitrogen and oxygen atoms in total. The van der Waals surface area contributed by atoms with Crippen molar-refractivity contribution in [3.63, 3.8) is 0 Å². The minimum Gasteiger partial charge on any atom is -0.481 e. The smallest absolute Gasteiger partial charge is 0.307 e. The summed E-state index contributed by atoms with van der Waals surface area (Å²) in [4.78, 5) is 24.3. The molecule has 3 atom stereocenters. The maximum absolute atomic E-state index is 12.6. The number of carboxylic acid groups (broad SMARTS) is 2. The summed E-state index contributed by atoms with van der Waals surface area (Å²) in [5.74, 6) is 0.317. The summed E-state index contributed by atoms with van der Waals surface area (Å²) < 4.78 is 0. The lowest BCUT2D eigenvalue weighted by atomic mass is 9.48. The fourth-order valence-corrected chi connectivity index (χ4v) is 7.55. The number of aliphatic carboxylic acids is 2. The van der Waals surface area contributed by atoms with E-state index < -0.39 is 23.8 Å². The van der Waals surface area contributed by atoms with E-state index in [0.29, 0.717) is 24.7 Å². The van der Waals surface area contributed by atoms with E-state index in [0.717, 1.165) is 23.0 Å². The van der Waals surface area contributed by atoms with E-state index in [9.17, 15) is 19.8 Å². The number of hydrogen-bond donors (Lipinski definition) is 2. The standard InChI is InChI=1S/C23H28O4/c24-22(25)17-10-14-3-1-2-4-18(14)19(11-17)21(23(26)27)20-15-6-12-5-13(8-15)9-16(20)7-12/h1-4,12-13,15-17,19-21H,5-11H2,(H,24,25)(H,26,27). The zero-order valence-electron chi connectivity index (χ0n) is 15.6. The maximum atomic E-state index is 12.6. The number of fused-ring (bicyclic) bond motifs is 1. The van der Waals surface area contributed by atoms with Crippen LogP contribution in [-0.4, -0.2) is 22.2 Å². The minimum atomic E-state index is -0.788. The summed E-state index contributed by atoms with van der Waals surface area (Å²) in [7, 11) is 0. The Hall–Kier alpha value is -1.84. The van der Waals surface area contributed by atoms with Crippen LogP contribution in [0.2, 0.25) is 0 Å². The number of carbonyl (C=O) groups is 2. The number of rotatable bonds is 4. The summed E-state index contributed by atoms with van der Waals surface area (Å²) in [5.41, 5.74) is 2.13. The van der Waals surface area contributed by atoms with Crippen molar-refractivity contribution in [2.24, 2.45) is 41.4 Å². The Bertz CT molecular complexity index is 741. The van der Waals surface area contributed by atoms with E-state index in [1.54, 1.807) is 0 Å². The van der Waals surface area contributed by atoms with Gasteiger partial charge in [-0.3, -0.25) is 9.59 Å². The van der Waals surface area contributed by atoms with Crippen LogP contribution in [-0.2, 0) is 16.0 Å². The topological polar surface area (TPSA) is 74.6 Å². The molecule has 5 aliphatic carbocycles. The molecule has 144 valence electrons. The summed E-state index contributed by atoms with van der Waals surface area (Å²) >= 11 is 0. The van der Waals surface area contributed by atoms with Crippen LogP contribution in [0.25, 0.3) is 0 Å². The molecule has 4 fully saturated rings. The van der Waals surface area contributed by atoms with E-state index in [1.807, 2.05) is 24.3 Å². The minimum absolute atomic E-state index is 0.170. The fraction of sp³-hybridized carbons (Fsp3) is 0.652. The molecule has 1 aromatic carbocycles. The predicted molar refractivity (Wildman–Crippen MR) is 100 cm³/mol. The summed E-state index contributed by atoms with van der Waals surface area (Å²) in [6.45, 7) is 0. The number of carboxylic acids is 2. The third-order valence-corrected chi connectivity index (χ3v) is 8.24. The Morgan fingerprint density at radius 1 is 0.889 bits per heavy atom. The first-order valence-corrected chi connectivity index (χ1v) is 10.5. The third-order valence-electron chi connectivity index (χ3n) is 8.24. The molecule has 5 aliphatic rings. The van der Waals surface area contributed by atoms with Gasteiger partial charge in [0, 0.05) is 0 Å². The van der Waals surface area contributed by atoms with Crippen molar-refractivity contribution >= 4 is 11.9 Å². The zero-order chi connectivity index (χ0) is 18.7. The van der Waals surface area contributed by atoms with Gasteiger partial charge < -0.3 is 10.2 Å². The van der Waals surface area contributed by atoms with E-state index in [1.165, 1.54) is 32.1 Å². The number of hydrogen-bond acceptors (Lipinski definition) is 2. The molecule has 0 aliphatic heterocycles. The third kappa shape index (κ3) is 2.79. The van der Waals surface area contributed by atoms with Crippen LogP contribution < -0.4 is 0 Å². The predicted octanol–water partition coefficient (Wildman–Crippen LogP) is 4.19. The van der Waals surface area contributed by atoms with Gasteiger partial charge in [0.2, 0.25) is 0 Å². The van der Waals surface area contributed by atoms with Crippen molar-refractivity contribution in [1.82, 2.24) is 0 Å². The Kier molecular flexibility index (Phi) is 4.06. The van der Waals surface area contributed by atoms with Crippen molar-refractivity contribution in [2.45, 2.75) is 50.9 Å². The highest BCUT2D eigenvalue weighted by atomic mass is 16.4. The Balaban J connectivity index is 1.54. The van der Waals surface area contributed by atoms with Crippen LogP contribution >= 0.6 is 0 Å². The van der Waals surface area contributed by atoms with Gasteiger partial charge in [0.05, 0.1) is 11.8 Å². The van der Waals surface area contributed by atoms with Crippen molar-refractivity contribution in [3.8, 4) is 0 Å². The Morgan fingerprint density at radius 2 is 1.52 bits per heavy atom. The van der Waals surface area contributed by atoms with Crippen molar-refractivity contribution in [2.75, 3.05) is 0 Å². The second-order valence-corrected chi connectivity index (χ2v) is 9.65. The van der Waals surface area contributed by atoms with Gasteiger partial charge in [-0.1, -0.05) is 24.3 Å². The van der Waals surface area contributed by atoms with Crippen LogP contribution in [0.5, 0.6) is 0 Å². The van der Waals surface area contributed by atoms with Crippen LogP contribution in [0.1, 0.15) is 55.6 Å². The highest BCUT2D eigenvalue weighted by Crippen LogP contribution is 2.60. The fourth-order valence-electron chi connectivity index (χ4n) is 7.55. The first kappa shape index (κ1) is 17.3. The molecule has 0 heterocycles. The van der Waals surface area contributed by atoms with E-state index in [-0.39, 0.29) is 11.8 Å². The summed E-state index contributed by atoms with van der Waals surface area (Å²) in [6, 6.07) is 7.96. The van der Waals surface area contributed by atoms with E-state index in [2.05, 4.69) is 0 Å². The number of benzene rings is 1. The average molecular weight is 368 g/mol.